The van der Waals surface area contributed by atoms with Gasteiger partial charge in [0.15, 0.2) is 5.13 Å². The molecule has 1 aliphatic carbocycles. The molecule has 0 spiro atoms. The second-order valence-electron chi connectivity index (χ2n) is 8.75. The molecular weight excluding hydrogens is 498 g/mol. The molecule has 2 amide bonds. The highest BCUT2D eigenvalue weighted by molar-refractivity contribution is 7.88. The fourth-order valence-corrected chi connectivity index (χ4v) is 6.47. The van der Waals surface area contributed by atoms with Crippen LogP contribution in [0.3, 0.4) is 0 Å². The number of hydrogen-bond donors (Lipinski definition) is 4. The van der Waals surface area contributed by atoms with E-state index in [0.29, 0.717) is 17.1 Å². The van der Waals surface area contributed by atoms with Crippen molar-refractivity contribution in [3.8, 4) is 0 Å². The van der Waals surface area contributed by atoms with Gasteiger partial charge in [0.1, 0.15) is 6.04 Å². The minimum absolute atomic E-state index is 0.0637. The Morgan fingerprint density at radius 3 is 2.42 bits per heavy atom. The van der Waals surface area contributed by atoms with Crippen molar-refractivity contribution in [1.82, 2.24) is 20.3 Å². The molecule has 2 aromatic carbocycles. The minimum Gasteiger partial charge on any atom is -0.375 e. The Labute approximate surface area is 214 Å². The standard InChI is InChI=1S/C25H29N5O4S2/c26-25-29-20-12-11-19(14-22(20)35-25)28-23(31)15-27-24(32)21(13-17-7-3-1-4-8-17)30-36(33,34)16-18-9-5-2-6-10-18/h1-10,19,21,30H,11-16H2,(H2,26,29)(H,27,32)(H,28,31). The van der Waals surface area contributed by atoms with E-state index in [9.17, 15) is 18.0 Å². The summed E-state index contributed by atoms with van der Waals surface area (Å²) in [6, 6.07) is 16.8. The van der Waals surface area contributed by atoms with Gasteiger partial charge in [-0.1, -0.05) is 60.7 Å². The van der Waals surface area contributed by atoms with E-state index in [1.54, 1.807) is 30.3 Å². The Bertz CT molecular complexity index is 1300. The van der Waals surface area contributed by atoms with E-state index >= 15 is 0 Å². The van der Waals surface area contributed by atoms with Crippen molar-refractivity contribution in [2.75, 3.05) is 12.3 Å². The number of nitrogens with one attached hydrogen (secondary N) is 3. The van der Waals surface area contributed by atoms with Crippen molar-refractivity contribution >= 4 is 38.3 Å². The van der Waals surface area contributed by atoms with E-state index in [1.165, 1.54) is 11.3 Å². The van der Waals surface area contributed by atoms with Crippen molar-refractivity contribution < 1.29 is 18.0 Å². The van der Waals surface area contributed by atoms with Crippen LogP contribution in [-0.2, 0) is 44.6 Å². The molecule has 3 aromatic rings. The molecule has 11 heteroatoms. The molecule has 4 rings (SSSR count). The topological polar surface area (TPSA) is 143 Å². The van der Waals surface area contributed by atoms with Crippen LogP contribution in [0.15, 0.2) is 60.7 Å². The molecule has 190 valence electrons. The number of carbonyl (C=O) groups excluding carboxylic acids is 2. The maximum atomic E-state index is 13.0. The number of nitrogen functional groups attached to an aromatic ring is 1. The summed E-state index contributed by atoms with van der Waals surface area (Å²) in [6.45, 7) is -0.251. The summed E-state index contributed by atoms with van der Waals surface area (Å²) in [5.74, 6) is -1.15. The molecule has 5 N–H and O–H groups in total. The van der Waals surface area contributed by atoms with Crippen LogP contribution < -0.4 is 21.1 Å². The third-order valence-corrected chi connectivity index (χ3v) is 8.17. The number of rotatable bonds is 10. The number of thiazole rings is 1. The zero-order valence-electron chi connectivity index (χ0n) is 19.6. The number of aromatic nitrogens is 1. The number of amides is 2. The van der Waals surface area contributed by atoms with E-state index in [2.05, 4.69) is 20.3 Å². The van der Waals surface area contributed by atoms with E-state index in [-0.39, 0.29) is 30.7 Å². The van der Waals surface area contributed by atoms with Crippen LogP contribution in [0.4, 0.5) is 5.13 Å². The molecule has 36 heavy (non-hydrogen) atoms. The third kappa shape index (κ3) is 7.36. The highest BCUT2D eigenvalue weighted by Crippen LogP contribution is 2.28. The number of nitrogens with zero attached hydrogens (tertiary/aromatic N) is 1. The van der Waals surface area contributed by atoms with Crippen LogP contribution in [-0.4, -0.2) is 43.8 Å². The molecule has 2 unspecified atom stereocenters. The zero-order valence-corrected chi connectivity index (χ0v) is 21.3. The van der Waals surface area contributed by atoms with Crippen LogP contribution in [0, 0.1) is 0 Å². The first kappa shape index (κ1) is 25.8. The molecule has 0 fully saturated rings. The van der Waals surface area contributed by atoms with Crippen LogP contribution in [0.1, 0.15) is 28.1 Å². The zero-order chi connectivity index (χ0) is 25.5. The van der Waals surface area contributed by atoms with Gasteiger partial charge in [0.25, 0.3) is 0 Å². The molecule has 2 atom stereocenters. The van der Waals surface area contributed by atoms with Gasteiger partial charge in [-0.3, -0.25) is 9.59 Å². The number of hydrogen-bond acceptors (Lipinski definition) is 7. The summed E-state index contributed by atoms with van der Waals surface area (Å²) in [4.78, 5) is 30.9. The molecule has 0 saturated carbocycles. The molecule has 9 nitrogen and oxygen atoms in total. The minimum atomic E-state index is -3.81. The number of anilines is 1. The molecule has 1 aliphatic rings. The van der Waals surface area contributed by atoms with Crippen LogP contribution in [0.2, 0.25) is 0 Å². The van der Waals surface area contributed by atoms with Crippen LogP contribution in [0.5, 0.6) is 0 Å². The lowest BCUT2D eigenvalue weighted by atomic mass is 9.98. The Hall–Kier alpha value is -3.28. The summed E-state index contributed by atoms with van der Waals surface area (Å²) >= 11 is 1.43. The van der Waals surface area contributed by atoms with Gasteiger partial charge in [0, 0.05) is 17.3 Å². The van der Waals surface area contributed by atoms with Crippen molar-refractivity contribution in [2.45, 2.75) is 43.5 Å². The number of aryl methyl sites for hydroxylation is 1. The summed E-state index contributed by atoms with van der Waals surface area (Å²) in [7, 11) is -3.81. The monoisotopic (exact) mass is 527 g/mol. The highest BCUT2D eigenvalue weighted by Gasteiger charge is 2.27. The van der Waals surface area contributed by atoms with Gasteiger partial charge in [-0.05, 0) is 30.4 Å². The Morgan fingerprint density at radius 2 is 1.72 bits per heavy atom. The smallest absolute Gasteiger partial charge is 0.239 e. The van der Waals surface area contributed by atoms with E-state index in [4.69, 9.17) is 5.73 Å². The van der Waals surface area contributed by atoms with Crippen LogP contribution in [0.25, 0.3) is 0 Å². The first-order valence-corrected chi connectivity index (χ1v) is 14.1. The lowest BCUT2D eigenvalue weighted by Crippen LogP contribution is -2.51. The van der Waals surface area contributed by atoms with E-state index < -0.39 is 22.0 Å². The summed E-state index contributed by atoms with van der Waals surface area (Å²) in [6.07, 6.45) is 2.29. The van der Waals surface area contributed by atoms with Gasteiger partial charge in [-0.15, -0.1) is 11.3 Å². The van der Waals surface area contributed by atoms with Gasteiger partial charge in [-0.2, -0.15) is 0 Å². The van der Waals surface area contributed by atoms with Gasteiger partial charge in [0.2, 0.25) is 21.8 Å². The molecule has 0 aliphatic heterocycles. The summed E-state index contributed by atoms with van der Waals surface area (Å²) in [5, 5.41) is 6.06. The SMILES string of the molecule is Nc1nc2c(s1)CC(NC(=O)CNC(=O)C(Cc1ccccc1)NS(=O)(=O)Cc1ccccc1)CC2. The molecule has 0 saturated heterocycles. The fourth-order valence-electron chi connectivity index (χ4n) is 4.18. The normalized spacial score (nSPS) is 16.1. The predicted molar refractivity (Wildman–Crippen MR) is 140 cm³/mol. The molecule has 0 bridgehead atoms. The number of nitrogens with two attached hydrogens (primary N) is 1. The molecular formula is C25H29N5O4S2. The summed E-state index contributed by atoms with van der Waals surface area (Å²) in [5.41, 5.74) is 8.18. The maximum absolute atomic E-state index is 13.0. The second kappa shape index (κ2) is 11.6. The van der Waals surface area contributed by atoms with Gasteiger partial charge >= 0.3 is 0 Å². The largest absolute Gasteiger partial charge is 0.375 e. The fraction of sp³-hybridized carbons (Fsp3) is 0.320. The van der Waals surface area contributed by atoms with E-state index in [0.717, 1.165) is 29.0 Å². The summed E-state index contributed by atoms with van der Waals surface area (Å²) < 4.78 is 28.2. The Kier molecular flexibility index (Phi) is 8.34. The first-order chi connectivity index (χ1) is 17.3. The molecule has 1 heterocycles. The average Bonchev–Trinajstić information content (AvgIpc) is 3.22. The Morgan fingerprint density at radius 1 is 1.06 bits per heavy atom. The Balaban J connectivity index is 1.35. The van der Waals surface area contributed by atoms with Crippen molar-refractivity contribution in [1.29, 1.82) is 0 Å². The van der Waals surface area contributed by atoms with Crippen LogP contribution >= 0.6 is 11.3 Å². The van der Waals surface area contributed by atoms with Gasteiger partial charge in [0.05, 0.1) is 18.0 Å². The number of fused-ring (bicyclic) bond motifs is 1. The number of carbonyl (C=O) groups is 2. The first-order valence-electron chi connectivity index (χ1n) is 11.7. The third-order valence-electron chi connectivity index (χ3n) is 5.86. The van der Waals surface area contributed by atoms with Crippen molar-refractivity contribution in [3.05, 3.63) is 82.4 Å². The van der Waals surface area contributed by atoms with Crippen molar-refractivity contribution in [3.63, 3.8) is 0 Å². The second-order valence-corrected chi connectivity index (χ2v) is 11.6. The average molecular weight is 528 g/mol. The lowest BCUT2D eigenvalue weighted by molar-refractivity contribution is -0.127. The van der Waals surface area contributed by atoms with E-state index in [1.807, 2.05) is 30.3 Å². The quantitative estimate of drug-likeness (QED) is 0.315. The van der Waals surface area contributed by atoms with Crippen molar-refractivity contribution in [2.24, 2.45) is 0 Å². The molecule has 0 radical (unpaired) electrons. The predicted octanol–water partition coefficient (Wildman–Crippen LogP) is 1.55. The number of benzene rings is 2. The molecule has 1 aromatic heterocycles. The van der Waals surface area contributed by atoms with Gasteiger partial charge in [-0.25, -0.2) is 18.1 Å². The highest BCUT2D eigenvalue weighted by atomic mass is 32.2. The number of sulfonamides is 1. The lowest BCUT2D eigenvalue weighted by Gasteiger charge is -2.23. The maximum Gasteiger partial charge on any atom is 0.239 e. The van der Waals surface area contributed by atoms with Gasteiger partial charge < -0.3 is 16.4 Å².